The van der Waals surface area contributed by atoms with Gasteiger partial charge < -0.3 is 10.3 Å². The molecule has 4 rings (SSSR count). The molecule has 1 unspecified atom stereocenters. The molecule has 1 aliphatic heterocycles. The number of nitrogens with zero attached hydrogens (tertiary/aromatic N) is 2. The quantitative estimate of drug-likeness (QED) is 0.688. The van der Waals surface area contributed by atoms with E-state index < -0.39 is 0 Å². The Bertz CT molecular complexity index is 944. The average molecular weight is 381 g/mol. The highest BCUT2D eigenvalue weighted by Crippen LogP contribution is 2.28. The van der Waals surface area contributed by atoms with E-state index in [1.54, 1.807) is 17.5 Å². The Hall–Kier alpha value is -2.44. The molecule has 1 amide bonds. The first-order chi connectivity index (χ1) is 13.2. The lowest BCUT2D eigenvalue weighted by Gasteiger charge is -2.31. The molecule has 0 fully saturated rings. The summed E-state index contributed by atoms with van der Waals surface area (Å²) in [6, 6.07) is 8.11. The molecule has 1 atom stereocenters. The van der Waals surface area contributed by atoms with Crippen LogP contribution in [0.1, 0.15) is 23.8 Å². The predicted octanol–water partition coefficient (Wildman–Crippen LogP) is 3.46. The number of aromatic nitrogens is 2. The molecular weight excluding hydrogens is 356 g/mol. The van der Waals surface area contributed by atoms with E-state index in [1.165, 1.54) is 16.0 Å². The average Bonchev–Trinajstić information content (AvgIpc) is 3.37. The van der Waals surface area contributed by atoms with Crippen LogP contribution in [0.5, 0.6) is 0 Å². The zero-order chi connectivity index (χ0) is 18.6. The first-order valence-corrected chi connectivity index (χ1v) is 10.3. The molecule has 5 nitrogen and oxygen atoms in total. The number of H-pyrrole nitrogens is 1. The Balaban J connectivity index is 1.34. The number of rotatable bonds is 6. The molecule has 0 aliphatic carbocycles. The molecule has 0 saturated heterocycles. The fourth-order valence-electron chi connectivity index (χ4n) is 3.58. The lowest BCUT2D eigenvalue weighted by molar-refractivity contribution is -0.125. The Labute approximate surface area is 163 Å². The first-order valence-electron chi connectivity index (χ1n) is 9.38. The highest BCUT2D eigenvalue weighted by atomic mass is 32.1. The van der Waals surface area contributed by atoms with Crippen LogP contribution in [0.3, 0.4) is 0 Å². The number of pyridine rings is 1. The van der Waals surface area contributed by atoms with E-state index in [4.69, 9.17) is 0 Å². The van der Waals surface area contributed by atoms with Crippen LogP contribution in [0.4, 0.5) is 0 Å². The molecule has 0 aromatic carbocycles. The number of nitrogens with one attached hydrogen (secondary N) is 2. The van der Waals surface area contributed by atoms with Crippen molar-refractivity contribution >= 4 is 33.9 Å². The standard InChI is InChI=1S/C21H24N4OS/c1-15(21(26)23-10-6-17-4-3-13-27-17)25-11-7-16(8-12-25)19-14-24-20-18(19)5-2-9-22-20/h2-5,7,9,13-15H,6,8,10-12H2,1H3,(H,22,24)(H,23,26). The van der Waals surface area contributed by atoms with Crippen LogP contribution >= 0.6 is 11.3 Å². The maximum atomic E-state index is 12.5. The van der Waals surface area contributed by atoms with Gasteiger partial charge in [0.15, 0.2) is 0 Å². The second-order valence-corrected chi connectivity index (χ2v) is 7.90. The van der Waals surface area contributed by atoms with Crippen LogP contribution in [-0.4, -0.2) is 46.5 Å². The summed E-state index contributed by atoms with van der Waals surface area (Å²) in [5, 5.41) is 6.31. The monoisotopic (exact) mass is 380 g/mol. The van der Waals surface area contributed by atoms with Crippen LogP contribution in [-0.2, 0) is 11.2 Å². The van der Waals surface area contributed by atoms with Gasteiger partial charge in [0, 0.05) is 47.9 Å². The summed E-state index contributed by atoms with van der Waals surface area (Å²) in [6.07, 6.45) is 7.93. The fourth-order valence-corrected chi connectivity index (χ4v) is 4.29. The summed E-state index contributed by atoms with van der Waals surface area (Å²) >= 11 is 1.73. The van der Waals surface area contributed by atoms with E-state index in [2.05, 4.69) is 43.8 Å². The lowest BCUT2D eigenvalue weighted by atomic mass is 9.99. The van der Waals surface area contributed by atoms with Gasteiger partial charge in [0.05, 0.1) is 6.04 Å². The Morgan fingerprint density at radius 2 is 2.33 bits per heavy atom. The number of hydrogen-bond donors (Lipinski definition) is 2. The van der Waals surface area contributed by atoms with E-state index in [0.717, 1.165) is 37.0 Å². The van der Waals surface area contributed by atoms with Crippen molar-refractivity contribution in [3.8, 4) is 0 Å². The molecule has 3 aromatic heterocycles. The molecule has 0 spiro atoms. The van der Waals surface area contributed by atoms with Crippen LogP contribution in [0.25, 0.3) is 16.6 Å². The summed E-state index contributed by atoms with van der Waals surface area (Å²) in [4.78, 5) is 23.6. The van der Waals surface area contributed by atoms with Crippen LogP contribution in [0, 0.1) is 0 Å². The highest BCUT2D eigenvalue weighted by molar-refractivity contribution is 7.09. The van der Waals surface area contributed by atoms with Gasteiger partial charge in [-0.15, -0.1) is 11.3 Å². The van der Waals surface area contributed by atoms with Gasteiger partial charge in [0.25, 0.3) is 0 Å². The molecule has 6 heteroatoms. The fraction of sp³-hybridized carbons (Fsp3) is 0.333. The van der Waals surface area contributed by atoms with Gasteiger partial charge in [-0.25, -0.2) is 4.98 Å². The van der Waals surface area contributed by atoms with Crippen molar-refractivity contribution in [3.05, 3.63) is 58.6 Å². The lowest BCUT2D eigenvalue weighted by Crippen LogP contribution is -2.47. The smallest absolute Gasteiger partial charge is 0.237 e. The van der Waals surface area contributed by atoms with Gasteiger partial charge in [0.2, 0.25) is 5.91 Å². The van der Waals surface area contributed by atoms with Gasteiger partial charge in [-0.05, 0) is 48.9 Å². The number of fused-ring (bicyclic) bond motifs is 1. The van der Waals surface area contributed by atoms with E-state index in [9.17, 15) is 4.79 Å². The largest absolute Gasteiger partial charge is 0.354 e. The van der Waals surface area contributed by atoms with Crippen LogP contribution < -0.4 is 5.32 Å². The zero-order valence-electron chi connectivity index (χ0n) is 15.4. The summed E-state index contributed by atoms with van der Waals surface area (Å²) in [5.74, 6) is 0.111. The van der Waals surface area contributed by atoms with Gasteiger partial charge in [-0.2, -0.15) is 0 Å². The SMILES string of the molecule is CC(C(=O)NCCc1cccs1)N1CC=C(c2c[nH]c3ncccc23)CC1. The van der Waals surface area contributed by atoms with E-state index in [1.807, 2.05) is 25.3 Å². The third-order valence-electron chi connectivity index (χ3n) is 5.22. The number of hydrogen-bond acceptors (Lipinski definition) is 4. The number of thiophene rings is 1. The molecule has 0 bridgehead atoms. The Kier molecular flexibility index (Phi) is 5.36. The first kappa shape index (κ1) is 17.9. The Morgan fingerprint density at radius 3 is 3.11 bits per heavy atom. The number of amides is 1. The van der Waals surface area contributed by atoms with Crippen molar-refractivity contribution in [1.82, 2.24) is 20.2 Å². The normalized spacial score (nSPS) is 16.3. The number of carbonyl (C=O) groups is 1. The van der Waals surface area contributed by atoms with Crippen molar-refractivity contribution < 1.29 is 4.79 Å². The van der Waals surface area contributed by atoms with E-state index in [0.29, 0.717) is 6.54 Å². The molecule has 3 aromatic rings. The van der Waals surface area contributed by atoms with Crippen LogP contribution in [0.15, 0.2) is 48.1 Å². The van der Waals surface area contributed by atoms with Gasteiger partial charge in [0.1, 0.15) is 5.65 Å². The summed E-state index contributed by atoms with van der Waals surface area (Å²) < 4.78 is 0. The summed E-state index contributed by atoms with van der Waals surface area (Å²) in [5.41, 5.74) is 3.48. The maximum Gasteiger partial charge on any atom is 0.237 e. The van der Waals surface area contributed by atoms with Gasteiger partial charge in [-0.1, -0.05) is 12.1 Å². The zero-order valence-corrected chi connectivity index (χ0v) is 16.3. The summed E-state index contributed by atoms with van der Waals surface area (Å²) in [7, 11) is 0. The third-order valence-corrected chi connectivity index (χ3v) is 6.15. The number of aromatic amines is 1. The van der Waals surface area contributed by atoms with Crippen molar-refractivity contribution in [2.24, 2.45) is 0 Å². The molecule has 1 aliphatic rings. The molecule has 4 heterocycles. The highest BCUT2D eigenvalue weighted by Gasteiger charge is 2.23. The molecular formula is C21H24N4OS. The minimum atomic E-state index is -0.115. The maximum absolute atomic E-state index is 12.5. The van der Waals surface area contributed by atoms with Crippen molar-refractivity contribution in [2.45, 2.75) is 25.8 Å². The molecule has 2 N–H and O–H groups in total. The molecule has 140 valence electrons. The minimum absolute atomic E-state index is 0.111. The second kappa shape index (κ2) is 8.06. The summed E-state index contributed by atoms with van der Waals surface area (Å²) in [6.45, 7) is 4.37. The van der Waals surface area contributed by atoms with Gasteiger partial charge >= 0.3 is 0 Å². The topological polar surface area (TPSA) is 61.0 Å². The predicted molar refractivity (Wildman–Crippen MR) is 111 cm³/mol. The minimum Gasteiger partial charge on any atom is -0.354 e. The van der Waals surface area contributed by atoms with Crippen molar-refractivity contribution in [3.63, 3.8) is 0 Å². The van der Waals surface area contributed by atoms with E-state index >= 15 is 0 Å². The second-order valence-electron chi connectivity index (χ2n) is 6.87. The molecule has 27 heavy (non-hydrogen) atoms. The van der Waals surface area contributed by atoms with Crippen molar-refractivity contribution in [2.75, 3.05) is 19.6 Å². The van der Waals surface area contributed by atoms with Crippen LogP contribution in [0.2, 0.25) is 0 Å². The molecule has 0 radical (unpaired) electrons. The number of carbonyl (C=O) groups excluding carboxylic acids is 1. The van der Waals surface area contributed by atoms with Crippen molar-refractivity contribution in [1.29, 1.82) is 0 Å². The van der Waals surface area contributed by atoms with Gasteiger partial charge in [-0.3, -0.25) is 9.69 Å². The molecule has 0 saturated carbocycles. The third kappa shape index (κ3) is 3.96. The Morgan fingerprint density at radius 1 is 1.41 bits per heavy atom. The van der Waals surface area contributed by atoms with E-state index in [-0.39, 0.29) is 11.9 Å².